The number of nitrogens with zero attached hydrogens (tertiary/aromatic N) is 3. The van der Waals surface area contributed by atoms with Crippen molar-refractivity contribution in [2.24, 2.45) is 5.10 Å². The highest BCUT2D eigenvalue weighted by molar-refractivity contribution is 6.36. The number of hydrogen-bond acceptors (Lipinski definition) is 4. The maximum Gasteiger partial charge on any atom is 0.437 e. The Hall–Kier alpha value is -2.38. The quantitative estimate of drug-likeness (QED) is 0.485. The number of fused-ring (bicyclic) bond motifs is 1. The van der Waals surface area contributed by atoms with Crippen molar-refractivity contribution in [3.63, 3.8) is 0 Å². The molecule has 1 heterocycles. The Morgan fingerprint density at radius 2 is 1.68 bits per heavy atom. The van der Waals surface area contributed by atoms with Gasteiger partial charge < -0.3 is 0 Å². The van der Waals surface area contributed by atoms with E-state index in [1.165, 1.54) is 18.3 Å². The summed E-state index contributed by atoms with van der Waals surface area (Å²) < 4.78 is 39.6. The molecule has 4 nitrogen and oxygen atoms in total. The molecule has 0 unspecified atom stereocenters. The second-order valence-electron chi connectivity index (χ2n) is 4.94. The number of hydrazone groups is 1. The van der Waals surface area contributed by atoms with Gasteiger partial charge in [0.25, 0.3) is 0 Å². The molecule has 25 heavy (non-hydrogen) atoms. The van der Waals surface area contributed by atoms with Crippen LogP contribution in [0, 0.1) is 0 Å². The van der Waals surface area contributed by atoms with Crippen LogP contribution in [0.3, 0.4) is 0 Å². The van der Waals surface area contributed by atoms with E-state index in [9.17, 15) is 13.2 Å². The third kappa shape index (κ3) is 4.00. The van der Waals surface area contributed by atoms with Gasteiger partial charge in [0, 0.05) is 10.6 Å². The summed E-state index contributed by atoms with van der Waals surface area (Å²) in [6.45, 7) is 0. The second kappa shape index (κ2) is 6.85. The van der Waals surface area contributed by atoms with Crippen LogP contribution < -0.4 is 5.43 Å². The number of halogens is 5. The minimum atomic E-state index is -4.67. The zero-order valence-electron chi connectivity index (χ0n) is 12.4. The summed E-state index contributed by atoms with van der Waals surface area (Å²) in [5.74, 6) is -0.493. The van der Waals surface area contributed by atoms with Crippen molar-refractivity contribution in [3.05, 3.63) is 63.8 Å². The molecule has 2 aromatic carbocycles. The molecule has 9 heteroatoms. The summed E-state index contributed by atoms with van der Waals surface area (Å²) in [4.78, 5) is 7.58. The largest absolute Gasteiger partial charge is 0.437 e. The Morgan fingerprint density at radius 1 is 1.00 bits per heavy atom. The van der Waals surface area contributed by atoms with E-state index in [1.807, 2.05) is 0 Å². The van der Waals surface area contributed by atoms with E-state index in [0.29, 0.717) is 21.1 Å². The lowest BCUT2D eigenvalue weighted by Gasteiger charge is -2.11. The molecular formula is C16H9Cl2F3N4. The number of hydrogen-bond donors (Lipinski definition) is 1. The SMILES string of the molecule is FC(F)(F)c1nc2ccccc2nc1N/N=C/c1ccc(Cl)cc1Cl. The van der Waals surface area contributed by atoms with E-state index in [1.54, 1.807) is 30.3 Å². The van der Waals surface area contributed by atoms with E-state index in [0.717, 1.165) is 0 Å². The van der Waals surface area contributed by atoms with Gasteiger partial charge in [0.15, 0.2) is 11.5 Å². The molecule has 3 rings (SSSR count). The van der Waals surface area contributed by atoms with Gasteiger partial charge in [-0.3, -0.25) is 5.43 Å². The third-order valence-electron chi connectivity index (χ3n) is 3.18. The first-order valence-corrected chi connectivity index (χ1v) is 7.68. The molecule has 0 spiro atoms. The topological polar surface area (TPSA) is 50.2 Å². The highest BCUT2D eigenvalue weighted by atomic mass is 35.5. The van der Waals surface area contributed by atoms with Gasteiger partial charge in [0.2, 0.25) is 0 Å². The van der Waals surface area contributed by atoms with Crippen molar-refractivity contribution < 1.29 is 13.2 Å². The first-order valence-electron chi connectivity index (χ1n) is 6.93. The number of anilines is 1. The van der Waals surface area contributed by atoms with Gasteiger partial charge in [-0.05, 0) is 24.3 Å². The summed E-state index contributed by atoms with van der Waals surface area (Å²) in [5, 5.41) is 4.54. The minimum absolute atomic E-state index is 0.144. The van der Waals surface area contributed by atoms with E-state index >= 15 is 0 Å². The van der Waals surface area contributed by atoms with Crippen molar-refractivity contribution in [2.45, 2.75) is 6.18 Å². The molecule has 0 saturated heterocycles. The van der Waals surface area contributed by atoms with Crippen LogP contribution in [0.2, 0.25) is 10.0 Å². The van der Waals surface area contributed by atoms with Crippen LogP contribution in [-0.2, 0) is 6.18 Å². The smallest absolute Gasteiger partial charge is 0.260 e. The number of nitrogens with one attached hydrogen (secondary N) is 1. The first-order chi connectivity index (χ1) is 11.8. The fraction of sp³-hybridized carbons (Fsp3) is 0.0625. The van der Waals surface area contributed by atoms with Crippen molar-refractivity contribution in [1.82, 2.24) is 9.97 Å². The van der Waals surface area contributed by atoms with Crippen molar-refractivity contribution in [1.29, 1.82) is 0 Å². The van der Waals surface area contributed by atoms with Crippen LogP contribution in [0.1, 0.15) is 11.3 Å². The van der Waals surface area contributed by atoms with E-state index < -0.39 is 17.7 Å². The molecule has 128 valence electrons. The van der Waals surface area contributed by atoms with E-state index in [2.05, 4.69) is 20.5 Å². The highest BCUT2D eigenvalue weighted by Gasteiger charge is 2.37. The van der Waals surface area contributed by atoms with Crippen molar-refractivity contribution in [2.75, 3.05) is 5.43 Å². The minimum Gasteiger partial charge on any atom is -0.260 e. The first kappa shape index (κ1) is 17.4. The standard InChI is InChI=1S/C16H9Cl2F3N4/c17-10-6-5-9(11(18)7-10)8-22-25-15-14(16(19,20)21)23-12-3-1-2-4-13(12)24-15/h1-8H,(H,24,25)/b22-8+. The zero-order chi connectivity index (χ0) is 18.0. The van der Waals surface area contributed by atoms with Crippen LogP contribution >= 0.6 is 23.2 Å². The molecule has 3 aromatic rings. The molecule has 0 radical (unpaired) electrons. The maximum absolute atomic E-state index is 13.2. The van der Waals surface area contributed by atoms with Gasteiger partial charge >= 0.3 is 6.18 Å². The molecule has 0 aliphatic rings. The summed E-state index contributed by atoms with van der Waals surface area (Å²) >= 11 is 11.8. The lowest BCUT2D eigenvalue weighted by Crippen LogP contribution is -2.13. The summed E-state index contributed by atoms with van der Waals surface area (Å²) in [6, 6.07) is 10.9. The van der Waals surface area contributed by atoms with E-state index in [-0.39, 0.29) is 5.52 Å². The molecule has 0 amide bonds. The van der Waals surface area contributed by atoms with Gasteiger partial charge in [-0.2, -0.15) is 18.3 Å². The van der Waals surface area contributed by atoms with Crippen molar-refractivity contribution in [3.8, 4) is 0 Å². The van der Waals surface area contributed by atoms with Gasteiger partial charge in [-0.25, -0.2) is 9.97 Å². The molecule has 0 aliphatic heterocycles. The number of benzene rings is 2. The summed E-state index contributed by atoms with van der Waals surface area (Å²) in [7, 11) is 0. The van der Waals surface area contributed by atoms with Gasteiger partial charge in [-0.15, -0.1) is 0 Å². The molecular weight excluding hydrogens is 376 g/mol. The zero-order valence-corrected chi connectivity index (χ0v) is 13.9. The predicted molar refractivity (Wildman–Crippen MR) is 92.2 cm³/mol. The van der Waals surface area contributed by atoms with Crippen LogP contribution in [0.15, 0.2) is 47.6 Å². The molecule has 1 aromatic heterocycles. The number of aromatic nitrogens is 2. The maximum atomic E-state index is 13.2. The predicted octanol–water partition coefficient (Wildman–Crippen LogP) is 5.40. The van der Waals surface area contributed by atoms with Crippen molar-refractivity contribution >= 4 is 46.3 Å². The Morgan fingerprint density at radius 3 is 2.32 bits per heavy atom. The molecule has 0 atom stereocenters. The average molecular weight is 385 g/mol. The monoisotopic (exact) mass is 384 g/mol. The molecule has 0 aliphatic carbocycles. The van der Waals surface area contributed by atoms with Crippen LogP contribution in [0.4, 0.5) is 19.0 Å². The Labute approximate surface area is 150 Å². The lowest BCUT2D eigenvalue weighted by molar-refractivity contribution is -0.140. The second-order valence-corrected chi connectivity index (χ2v) is 5.79. The molecule has 0 bridgehead atoms. The number of para-hydroxylation sites is 2. The number of rotatable bonds is 3. The van der Waals surface area contributed by atoms with E-state index in [4.69, 9.17) is 23.2 Å². The fourth-order valence-corrected chi connectivity index (χ4v) is 2.50. The lowest BCUT2D eigenvalue weighted by atomic mass is 10.2. The average Bonchev–Trinajstić information content (AvgIpc) is 2.55. The molecule has 0 saturated carbocycles. The third-order valence-corrected chi connectivity index (χ3v) is 3.74. The fourth-order valence-electron chi connectivity index (χ4n) is 2.04. The van der Waals surface area contributed by atoms with Crippen LogP contribution in [0.25, 0.3) is 11.0 Å². The van der Waals surface area contributed by atoms with Gasteiger partial charge in [0.1, 0.15) is 0 Å². The van der Waals surface area contributed by atoms with Crippen LogP contribution in [-0.4, -0.2) is 16.2 Å². The summed E-state index contributed by atoms with van der Waals surface area (Å²) in [6.07, 6.45) is -3.40. The van der Waals surface area contributed by atoms with Gasteiger partial charge in [-0.1, -0.05) is 41.4 Å². The Bertz CT molecular complexity index is 958. The molecule has 0 fully saturated rings. The normalized spacial score (nSPS) is 12.0. The molecule has 1 N–H and O–H groups in total. The number of alkyl halides is 3. The van der Waals surface area contributed by atoms with Crippen LogP contribution in [0.5, 0.6) is 0 Å². The summed E-state index contributed by atoms with van der Waals surface area (Å²) in [5.41, 5.74) is 2.09. The Balaban J connectivity index is 1.95. The highest BCUT2D eigenvalue weighted by Crippen LogP contribution is 2.33. The Kier molecular flexibility index (Phi) is 4.78. The van der Waals surface area contributed by atoms with Gasteiger partial charge in [0.05, 0.1) is 22.3 Å².